The van der Waals surface area contributed by atoms with Gasteiger partial charge in [0, 0.05) is 17.7 Å². The van der Waals surface area contributed by atoms with Crippen LogP contribution in [0, 0.1) is 10.1 Å². The number of nitrogen functional groups attached to an aromatic ring is 1. The van der Waals surface area contributed by atoms with Crippen LogP contribution in [0.15, 0.2) is 28.7 Å². The number of benzene rings is 1. The molecule has 1 aromatic carbocycles. The van der Waals surface area contributed by atoms with Crippen molar-refractivity contribution in [2.75, 3.05) is 5.73 Å². The maximum atomic E-state index is 10.8. The Balaban J connectivity index is 2.52. The van der Waals surface area contributed by atoms with E-state index >= 15 is 0 Å². The number of nitro benzene ring substituents is 1. The van der Waals surface area contributed by atoms with Gasteiger partial charge >= 0.3 is 0 Å². The lowest BCUT2D eigenvalue weighted by atomic mass is 10.1. The Bertz CT molecular complexity index is 661. The van der Waals surface area contributed by atoms with Crippen LogP contribution in [0.5, 0.6) is 0 Å². The van der Waals surface area contributed by atoms with Crippen molar-refractivity contribution in [1.29, 1.82) is 0 Å². The van der Waals surface area contributed by atoms with Crippen LogP contribution in [0.4, 0.5) is 11.5 Å². The quantitative estimate of drug-likeness (QED) is 0.682. The van der Waals surface area contributed by atoms with Crippen molar-refractivity contribution >= 4 is 27.4 Å². The fourth-order valence-electron chi connectivity index (χ4n) is 1.80. The Kier molecular flexibility index (Phi) is 4.29. The van der Waals surface area contributed by atoms with Crippen LogP contribution < -0.4 is 5.73 Å². The van der Waals surface area contributed by atoms with E-state index in [9.17, 15) is 10.1 Å². The lowest BCUT2D eigenvalue weighted by Crippen LogP contribution is -2.03. The zero-order chi connectivity index (χ0) is 14.7. The molecular formula is C13H13BrN4O2. The number of nitrogens with two attached hydrogens (primary N) is 1. The molecule has 0 aliphatic carbocycles. The molecule has 2 N–H and O–H groups in total. The predicted molar refractivity (Wildman–Crippen MR) is 80.2 cm³/mol. The van der Waals surface area contributed by atoms with E-state index in [1.165, 1.54) is 12.1 Å². The molecule has 0 aliphatic heterocycles. The molecule has 0 unspecified atom stereocenters. The van der Waals surface area contributed by atoms with E-state index in [0.29, 0.717) is 21.7 Å². The first-order valence-corrected chi connectivity index (χ1v) is 6.89. The fraction of sp³-hybridized carbons (Fsp3) is 0.231. The van der Waals surface area contributed by atoms with Crippen LogP contribution in [0.3, 0.4) is 0 Å². The summed E-state index contributed by atoms with van der Waals surface area (Å²) in [4.78, 5) is 19.0. The third-order valence-corrected chi connectivity index (χ3v) is 3.61. The first-order valence-electron chi connectivity index (χ1n) is 6.09. The SMILES string of the molecule is CCCc1nc(-c2cccc([N+](=O)[O-])c2)nc(N)c1Br. The maximum absolute atomic E-state index is 10.8. The minimum atomic E-state index is -0.446. The number of non-ortho nitro benzene ring substituents is 1. The van der Waals surface area contributed by atoms with Gasteiger partial charge in [-0.15, -0.1) is 0 Å². The first kappa shape index (κ1) is 14.4. The van der Waals surface area contributed by atoms with Gasteiger partial charge in [0.1, 0.15) is 5.82 Å². The molecule has 0 saturated heterocycles. The Hall–Kier alpha value is -2.02. The molecule has 0 radical (unpaired) electrons. The molecule has 104 valence electrons. The van der Waals surface area contributed by atoms with Gasteiger partial charge in [-0.1, -0.05) is 25.5 Å². The highest BCUT2D eigenvalue weighted by molar-refractivity contribution is 9.10. The summed E-state index contributed by atoms with van der Waals surface area (Å²) in [6.07, 6.45) is 1.68. The maximum Gasteiger partial charge on any atom is 0.270 e. The molecule has 7 heteroatoms. The van der Waals surface area contributed by atoms with E-state index in [1.807, 2.05) is 6.92 Å². The van der Waals surface area contributed by atoms with Gasteiger partial charge < -0.3 is 5.73 Å². The van der Waals surface area contributed by atoms with E-state index in [2.05, 4.69) is 25.9 Å². The second kappa shape index (κ2) is 5.96. The van der Waals surface area contributed by atoms with Crippen LogP contribution in [-0.2, 0) is 6.42 Å². The number of hydrogen-bond donors (Lipinski definition) is 1. The number of halogens is 1. The second-order valence-corrected chi connectivity index (χ2v) is 5.04. The normalized spacial score (nSPS) is 10.5. The van der Waals surface area contributed by atoms with Crippen molar-refractivity contribution in [3.8, 4) is 11.4 Å². The van der Waals surface area contributed by atoms with Crippen LogP contribution in [0.2, 0.25) is 0 Å². The average Bonchev–Trinajstić information content (AvgIpc) is 2.44. The Morgan fingerprint density at radius 1 is 1.40 bits per heavy atom. The van der Waals surface area contributed by atoms with E-state index < -0.39 is 4.92 Å². The summed E-state index contributed by atoms with van der Waals surface area (Å²) in [6.45, 7) is 2.04. The molecule has 0 aliphatic rings. The van der Waals surface area contributed by atoms with Crippen molar-refractivity contribution in [2.24, 2.45) is 0 Å². The van der Waals surface area contributed by atoms with Gasteiger partial charge in [-0.25, -0.2) is 9.97 Å². The molecule has 0 saturated carbocycles. The largest absolute Gasteiger partial charge is 0.383 e. The second-order valence-electron chi connectivity index (χ2n) is 4.25. The molecular weight excluding hydrogens is 324 g/mol. The van der Waals surface area contributed by atoms with E-state index in [0.717, 1.165) is 18.5 Å². The summed E-state index contributed by atoms with van der Waals surface area (Å²) >= 11 is 3.37. The smallest absolute Gasteiger partial charge is 0.270 e. The summed E-state index contributed by atoms with van der Waals surface area (Å²) in [5.41, 5.74) is 7.25. The van der Waals surface area contributed by atoms with Crippen molar-refractivity contribution in [3.63, 3.8) is 0 Å². The van der Waals surface area contributed by atoms with Crippen molar-refractivity contribution in [1.82, 2.24) is 9.97 Å². The number of rotatable bonds is 4. The number of anilines is 1. The third kappa shape index (κ3) is 2.93. The summed E-state index contributed by atoms with van der Waals surface area (Å²) in [6, 6.07) is 6.21. The van der Waals surface area contributed by atoms with E-state index in [4.69, 9.17) is 5.73 Å². The lowest BCUT2D eigenvalue weighted by molar-refractivity contribution is -0.384. The highest BCUT2D eigenvalue weighted by atomic mass is 79.9. The molecule has 1 heterocycles. The van der Waals surface area contributed by atoms with Crippen LogP contribution in [0.25, 0.3) is 11.4 Å². The van der Waals surface area contributed by atoms with Gasteiger partial charge in [0.2, 0.25) is 0 Å². The average molecular weight is 337 g/mol. The predicted octanol–water partition coefficient (Wildman–Crippen LogP) is 3.35. The third-order valence-electron chi connectivity index (χ3n) is 2.75. The van der Waals surface area contributed by atoms with Crippen LogP contribution in [-0.4, -0.2) is 14.9 Å². The summed E-state index contributed by atoms with van der Waals surface area (Å²) in [5, 5.41) is 10.8. The van der Waals surface area contributed by atoms with Gasteiger partial charge in [-0.05, 0) is 22.4 Å². The zero-order valence-electron chi connectivity index (χ0n) is 10.8. The van der Waals surface area contributed by atoms with Gasteiger partial charge in [-0.2, -0.15) is 0 Å². The Morgan fingerprint density at radius 3 is 2.80 bits per heavy atom. The summed E-state index contributed by atoms with van der Waals surface area (Å²) in [5.74, 6) is 0.739. The number of nitrogens with zero attached hydrogens (tertiary/aromatic N) is 3. The molecule has 6 nitrogen and oxygen atoms in total. The fourth-order valence-corrected chi connectivity index (χ4v) is 2.18. The van der Waals surface area contributed by atoms with Crippen molar-refractivity contribution in [2.45, 2.75) is 19.8 Å². The molecule has 2 aromatic rings. The monoisotopic (exact) mass is 336 g/mol. The minimum absolute atomic E-state index is 0.00429. The first-order chi connectivity index (χ1) is 9.52. The molecule has 0 amide bonds. The van der Waals surface area contributed by atoms with E-state index in [-0.39, 0.29) is 5.69 Å². The standard InChI is InChI=1S/C13H13BrN4O2/c1-2-4-10-11(14)12(15)17-13(16-10)8-5-3-6-9(7-8)18(19)20/h3,5-7H,2,4H2,1H3,(H2,15,16,17). The van der Waals surface area contributed by atoms with Gasteiger partial charge in [0.05, 0.1) is 15.1 Å². The van der Waals surface area contributed by atoms with E-state index in [1.54, 1.807) is 12.1 Å². The number of aryl methyl sites for hydroxylation is 1. The van der Waals surface area contributed by atoms with Crippen LogP contribution in [0.1, 0.15) is 19.0 Å². The zero-order valence-corrected chi connectivity index (χ0v) is 12.4. The van der Waals surface area contributed by atoms with Crippen molar-refractivity contribution < 1.29 is 4.92 Å². The van der Waals surface area contributed by atoms with Gasteiger partial charge in [0.15, 0.2) is 5.82 Å². The highest BCUT2D eigenvalue weighted by Gasteiger charge is 2.13. The number of aromatic nitrogens is 2. The molecule has 0 atom stereocenters. The molecule has 2 rings (SSSR count). The Labute approximate surface area is 124 Å². The summed E-state index contributed by atoms with van der Waals surface area (Å²) < 4.78 is 0.688. The Morgan fingerprint density at radius 2 is 2.15 bits per heavy atom. The molecule has 20 heavy (non-hydrogen) atoms. The number of hydrogen-bond acceptors (Lipinski definition) is 5. The molecule has 0 spiro atoms. The number of nitro groups is 1. The van der Waals surface area contributed by atoms with Gasteiger partial charge in [-0.3, -0.25) is 10.1 Å². The van der Waals surface area contributed by atoms with Gasteiger partial charge in [0.25, 0.3) is 5.69 Å². The molecule has 1 aromatic heterocycles. The highest BCUT2D eigenvalue weighted by Crippen LogP contribution is 2.27. The molecule has 0 fully saturated rings. The molecule has 0 bridgehead atoms. The van der Waals surface area contributed by atoms with Crippen LogP contribution >= 0.6 is 15.9 Å². The lowest BCUT2D eigenvalue weighted by Gasteiger charge is -2.08. The summed E-state index contributed by atoms with van der Waals surface area (Å²) in [7, 11) is 0. The minimum Gasteiger partial charge on any atom is -0.383 e. The topological polar surface area (TPSA) is 94.9 Å². The van der Waals surface area contributed by atoms with Crippen molar-refractivity contribution in [3.05, 3.63) is 44.5 Å².